The van der Waals surface area contributed by atoms with Crippen molar-refractivity contribution in [2.45, 2.75) is 56.7 Å². The third-order valence-electron chi connectivity index (χ3n) is 4.94. The van der Waals surface area contributed by atoms with Crippen LogP contribution in [0.2, 0.25) is 0 Å². The van der Waals surface area contributed by atoms with Crippen LogP contribution < -0.4 is 5.32 Å². The second-order valence-electron chi connectivity index (χ2n) is 8.64. The Morgan fingerprint density at radius 2 is 2.11 bits per heavy atom. The minimum Gasteiger partial charge on any atom is -0.783 e. The number of rotatable bonds is 7. The number of thioether (sulfide) groups is 2. The Hall–Kier alpha value is -0.520. The molecule has 3 fully saturated rings. The fourth-order valence-electron chi connectivity index (χ4n) is 3.21. The predicted octanol–water partition coefficient (Wildman–Crippen LogP) is 2.63. The Balaban J connectivity index is 1.60. The molecule has 1 amide bonds. The van der Waals surface area contributed by atoms with Crippen LogP contribution >= 0.6 is 23.5 Å². The molecule has 2 saturated heterocycles. The molecule has 2 atom stereocenters. The van der Waals surface area contributed by atoms with Gasteiger partial charge in [0.25, 0.3) is 0 Å². The molecule has 2 aliphatic heterocycles. The average Bonchev–Trinajstić information content (AvgIpc) is 3.41. The lowest BCUT2D eigenvalue weighted by atomic mass is 9.92. The fraction of sp³-hybridized carbons (Fsp3) is 0.889. The summed E-state index contributed by atoms with van der Waals surface area (Å²) in [7, 11) is 0. The van der Waals surface area contributed by atoms with E-state index in [1.54, 1.807) is 28.4 Å². The van der Waals surface area contributed by atoms with E-state index in [-0.39, 0.29) is 6.67 Å². The summed E-state index contributed by atoms with van der Waals surface area (Å²) in [6.45, 7) is 6.51. The first-order chi connectivity index (χ1) is 13.2. The van der Waals surface area contributed by atoms with E-state index in [0.29, 0.717) is 19.1 Å². The van der Waals surface area contributed by atoms with Crippen molar-refractivity contribution >= 4 is 35.9 Å². The molecule has 1 N–H and O–H groups in total. The zero-order chi connectivity index (χ0) is 20.4. The number of alkyl carbamates (subject to hydrolysis) is 1. The third kappa shape index (κ3) is 5.76. The van der Waals surface area contributed by atoms with Gasteiger partial charge in [0.1, 0.15) is 0 Å². The van der Waals surface area contributed by atoms with Crippen LogP contribution in [0.1, 0.15) is 40.0 Å². The summed E-state index contributed by atoms with van der Waals surface area (Å²) in [5, 5.41) is 16.5. The van der Waals surface area contributed by atoms with Gasteiger partial charge in [0.05, 0.1) is 19.3 Å². The van der Waals surface area contributed by atoms with Crippen molar-refractivity contribution in [2.24, 2.45) is 11.3 Å². The van der Waals surface area contributed by atoms with Gasteiger partial charge in [-0.25, -0.2) is 4.79 Å². The van der Waals surface area contributed by atoms with Gasteiger partial charge >= 0.3 is 6.09 Å². The fourth-order valence-corrected chi connectivity index (χ4v) is 6.27. The summed E-state index contributed by atoms with van der Waals surface area (Å²) >= 11 is 3.39. The highest BCUT2D eigenvalue weighted by Crippen LogP contribution is 2.48. The summed E-state index contributed by atoms with van der Waals surface area (Å²) in [5.74, 6) is 2.41. The van der Waals surface area contributed by atoms with Gasteiger partial charge in [0, 0.05) is 6.67 Å². The number of hydrogen-bond acceptors (Lipinski definition) is 9. The highest BCUT2D eigenvalue weighted by Gasteiger charge is 2.47. The minimum absolute atomic E-state index is 0.0306. The van der Waals surface area contributed by atoms with Gasteiger partial charge in [-0.1, -0.05) is 20.8 Å². The molecule has 0 aromatic carbocycles. The highest BCUT2D eigenvalue weighted by atomic mass is 32.2. The van der Waals surface area contributed by atoms with Crippen molar-refractivity contribution in [1.29, 1.82) is 0 Å². The van der Waals surface area contributed by atoms with Crippen LogP contribution in [-0.2, 0) is 14.3 Å². The van der Waals surface area contributed by atoms with E-state index in [1.807, 2.05) is 20.8 Å². The highest BCUT2D eigenvalue weighted by molar-refractivity contribution is 8.18. The molecule has 28 heavy (non-hydrogen) atoms. The van der Waals surface area contributed by atoms with E-state index in [4.69, 9.17) is 9.47 Å². The molecule has 2 heterocycles. The Kier molecular flexibility index (Phi) is 7.20. The monoisotopic (exact) mass is 432 g/mol. The van der Waals surface area contributed by atoms with Gasteiger partial charge in [0.2, 0.25) is 0 Å². The number of hydrogen-bond donors (Lipinski definition) is 1. The quantitative estimate of drug-likeness (QED) is 0.370. The molecule has 0 unspecified atom stereocenters. The molecule has 8 nitrogen and oxygen atoms in total. The first kappa shape index (κ1) is 22.2. The normalized spacial score (nSPS) is 26.4. The molecular formula is C18H30N3O5S2-. The second kappa shape index (κ2) is 9.09. The zero-order valence-electron chi connectivity index (χ0n) is 16.7. The van der Waals surface area contributed by atoms with Crippen LogP contribution in [0, 0.1) is 16.5 Å². The maximum Gasteiger partial charge on any atom is 0.408 e. The summed E-state index contributed by atoms with van der Waals surface area (Å²) in [6, 6.07) is 0. The maximum absolute atomic E-state index is 13.0. The van der Waals surface area contributed by atoms with Crippen molar-refractivity contribution in [3.63, 3.8) is 0 Å². The third-order valence-corrected chi connectivity index (χ3v) is 7.96. The molecule has 0 aromatic heterocycles. The number of amides is 1. The summed E-state index contributed by atoms with van der Waals surface area (Å²) in [5.41, 5.74) is -0.510. The topological polar surface area (TPSA) is 94.2 Å². The van der Waals surface area contributed by atoms with E-state index in [9.17, 15) is 14.8 Å². The number of hydroxylamine groups is 2. The van der Waals surface area contributed by atoms with Crippen LogP contribution in [0.4, 0.5) is 4.79 Å². The lowest BCUT2D eigenvalue weighted by molar-refractivity contribution is -0.124. The number of nitrogens with zero attached hydrogens (tertiary/aromatic N) is 2. The first-order valence-corrected chi connectivity index (χ1v) is 11.7. The smallest absolute Gasteiger partial charge is 0.408 e. The summed E-state index contributed by atoms with van der Waals surface area (Å²) in [4.78, 5) is 25.4. The molecule has 10 heteroatoms. The molecule has 3 rings (SSSR count). The maximum atomic E-state index is 13.0. The molecule has 160 valence electrons. The average molecular weight is 433 g/mol. The number of carbonyl (C=O) groups is 2. The van der Waals surface area contributed by atoms with Crippen LogP contribution in [-0.4, -0.2) is 70.3 Å². The summed E-state index contributed by atoms with van der Waals surface area (Å²) < 4.78 is 10.7. The van der Waals surface area contributed by atoms with Crippen molar-refractivity contribution < 1.29 is 19.1 Å². The molecule has 3 aliphatic rings. The zero-order valence-corrected chi connectivity index (χ0v) is 18.4. The van der Waals surface area contributed by atoms with Gasteiger partial charge in [-0.3, -0.25) is 9.69 Å². The lowest BCUT2D eigenvalue weighted by Crippen LogP contribution is -2.56. The largest absolute Gasteiger partial charge is 0.783 e. The molecule has 1 saturated carbocycles. The van der Waals surface area contributed by atoms with Gasteiger partial charge in [-0.05, 0) is 42.1 Å². The van der Waals surface area contributed by atoms with E-state index >= 15 is 0 Å². The molecule has 0 bridgehead atoms. The van der Waals surface area contributed by atoms with Crippen LogP contribution in [0.25, 0.3) is 0 Å². The van der Waals surface area contributed by atoms with Crippen LogP contribution in [0.5, 0.6) is 0 Å². The Morgan fingerprint density at radius 1 is 1.43 bits per heavy atom. The van der Waals surface area contributed by atoms with Crippen LogP contribution in [0.3, 0.4) is 0 Å². The number of nitrogens with one attached hydrogen (secondary N) is 1. The Bertz CT molecular complexity index is 564. The molecule has 1 spiro atoms. The Labute approximate surface area is 175 Å². The van der Waals surface area contributed by atoms with Crippen molar-refractivity contribution in [3.05, 3.63) is 5.21 Å². The van der Waals surface area contributed by atoms with E-state index in [0.717, 1.165) is 42.1 Å². The number of carbonyl (C=O) groups excluding carboxylic acids is 2. The van der Waals surface area contributed by atoms with Gasteiger partial charge < -0.3 is 25.1 Å². The molecule has 0 aromatic rings. The van der Waals surface area contributed by atoms with Gasteiger partial charge in [-0.2, -0.15) is 0 Å². The Morgan fingerprint density at radius 3 is 2.68 bits per heavy atom. The lowest BCUT2D eigenvalue weighted by Gasteiger charge is -2.46. The predicted molar refractivity (Wildman–Crippen MR) is 110 cm³/mol. The molecule has 0 radical (unpaired) electrons. The minimum atomic E-state index is -0.783. The van der Waals surface area contributed by atoms with E-state index in [2.05, 4.69) is 5.32 Å². The summed E-state index contributed by atoms with van der Waals surface area (Å²) in [6.07, 6.45) is 1.91. The SMILES string of the molecule is CC(C)(C)[C@H](NC(=O)OCC1CC1)N([O-])CN1CC2(O[C@H]1C=O)SCCCS2. The molecule has 1 aliphatic carbocycles. The van der Waals surface area contributed by atoms with Crippen molar-refractivity contribution in [2.75, 3.05) is 31.3 Å². The van der Waals surface area contributed by atoms with Gasteiger partial charge in [0.15, 0.2) is 16.8 Å². The second-order valence-corrected chi connectivity index (χ2v) is 11.6. The first-order valence-electron chi connectivity index (χ1n) is 9.74. The van der Waals surface area contributed by atoms with Crippen LogP contribution in [0.15, 0.2) is 0 Å². The van der Waals surface area contributed by atoms with E-state index < -0.39 is 28.2 Å². The molecular weight excluding hydrogens is 402 g/mol. The number of ether oxygens (including phenoxy) is 2. The standard InChI is InChI=1S/C18H30N3O5S2/c1-17(2,3)15(19-16(23)25-10-13-5-6-13)21(24)12-20-11-18(26-14(20)9-22)27-7-4-8-28-18/h9,13-15H,4-8,10-12H2,1-3H3,(H,19,23)/q-1/t14-,15+/m0/s1. The van der Waals surface area contributed by atoms with Crippen molar-refractivity contribution in [3.8, 4) is 0 Å². The van der Waals surface area contributed by atoms with Gasteiger partial charge in [-0.15, -0.1) is 23.5 Å². The van der Waals surface area contributed by atoms with E-state index in [1.165, 1.54) is 0 Å². The number of aldehydes is 1. The van der Waals surface area contributed by atoms with Crippen molar-refractivity contribution in [1.82, 2.24) is 15.3 Å².